The van der Waals surface area contributed by atoms with Gasteiger partial charge in [-0.2, -0.15) is 0 Å². The van der Waals surface area contributed by atoms with Gasteiger partial charge in [-0.3, -0.25) is 9.59 Å². The van der Waals surface area contributed by atoms with Gasteiger partial charge in [0.2, 0.25) is 11.7 Å². The number of rotatable bonds is 10. The highest BCUT2D eigenvalue weighted by molar-refractivity contribution is 6.35. The molecule has 4 aromatic rings. The van der Waals surface area contributed by atoms with Gasteiger partial charge in [-0.25, -0.2) is 9.55 Å². The Bertz CT molecular complexity index is 1800. The zero-order valence-corrected chi connectivity index (χ0v) is 32.3. The molecule has 6 rings (SSSR count). The molecule has 3 aromatic carbocycles. The molecule has 2 fully saturated rings. The van der Waals surface area contributed by atoms with Crippen LogP contribution in [0.25, 0.3) is 0 Å². The van der Waals surface area contributed by atoms with Gasteiger partial charge in [0.15, 0.2) is 5.92 Å². The Morgan fingerprint density at radius 1 is 0.941 bits per heavy atom. The van der Waals surface area contributed by atoms with Crippen molar-refractivity contribution in [1.29, 1.82) is 0 Å². The molecular formula is C38H43BrCl2N4O6. The number of carbonyl (C=O) groups excluding carboxylic acids is 2. The average Bonchev–Trinajstić information content (AvgIpc) is 3.77. The molecule has 1 N–H and O–H groups in total. The first-order valence-electron chi connectivity index (χ1n) is 16.8. The van der Waals surface area contributed by atoms with E-state index in [2.05, 4.69) is 14.5 Å². The molecule has 2 aliphatic rings. The molecule has 1 amide bonds. The van der Waals surface area contributed by atoms with Gasteiger partial charge >= 0.3 is 5.97 Å². The third-order valence-corrected chi connectivity index (χ3v) is 9.60. The molecule has 13 heteroatoms. The SMILES string of the molecule is CC(=O)N1CCN(c2ccc(OCC(c3[nH]cc[n+]3Cc3ccc(OC(=O)C(C)(C)C)cc3)C3(c4ccc(Cl)cc4Cl)OCCO3)cc2)CC1.[Br-]. The summed E-state index contributed by atoms with van der Waals surface area (Å²) in [5.41, 5.74) is 2.12. The minimum absolute atomic E-state index is 0. The number of anilines is 1. The standard InChI is InChI=1S/C38H42Cl2N4O6.BrH/c1-26(45)42-17-19-43(20-18-42)29-8-12-30(13-9-29)47-25-33(38(48-21-22-49-38)32-14-7-28(39)23-34(32)40)35-41-15-16-44(35)24-27-5-10-31(11-6-27)50-36(46)37(2,3)4;/h5-16,23,33H,17-22,24-25H2,1-4H3;1H. The van der Waals surface area contributed by atoms with Crippen molar-refractivity contribution in [2.24, 2.45) is 5.41 Å². The van der Waals surface area contributed by atoms with Crippen molar-refractivity contribution in [3.05, 3.63) is 106 Å². The summed E-state index contributed by atoms with van der Waals surface area (Å²) in [4.78, 5) is 31.7. The van der Waals surface area contributed by atoms with E-state index in [4.69, 9.17) is 42.1 Å². The Balaban J connectivity index is 0.00000504. The second kappa shape index (κ2) is 16.4. The number of benzene rings is 3. The fourth-order valence-electron chi connectivity index (χ4n) is 6.26. The van der Waals surface area contributed by atoms with Gasteiger partial charge in [0.25, 0.3) is 5.82 Å². The summed E-state index contributed by atoms with van der Waals surface area (Å²) in [6.07, 6.45) is 3.83. The lowest BCUT2D eigenvalue weighted by molar-refractivity contribution is -0.697. The smallest absolute Gasteiger partial charge is 0.316 e. The van der Waals surface area contributed by atoms with Crippen LogP contribution in [-0.2, 0) is 31.4 Å². The summed E-state index contributed by atoms with van der Waals surface area (Å²) < 4.78 is 27.1. The zero-order chi connectivity index (χ0) is 35.5. The first-order chi connectivity index (χ1) is 23.9. The van der Waals surface area contributed by atoms with Gasteiger partial charge < -0.3 is 45.7 Å². The number of aromatic amines is 1. The van der Waals surface area contributed by atoms with Crippen LogP contribution < -0.4 is 35.9 Å². The molecule has 2 aliphatic heterocycles. The fraction of sp³-hybridized carbons (Fsp3) is 0.395. The number of imidazole rings is 1. The van der Waals surface area contributed by atoms with E-state index in [0.29, 0.717) is 60.0 Å². The van der Waals surface area contributed by atoms with Gasteiger partial charge in [-0.1, -0.05) is 41.4 Å². The molecule has 0 spiro atoms. The van der Waals surface area contributed by atoms with E-state index in [-0.39, 0.29) is 35.5 Å². The number of hydrogen-bond acceptors (Lipinski definition) is 7. The van der Waals surface area contributed by atoms with Gasteiger partial charge in [0, 0.05) is 49.4 Å². The number of amides is 1. The second-order valence-electron chi connectivity index (χ2n) is 13.6. The first-order valence-corrected chi connectivity index (χ1v) is 17.5. The fourth-order valence-corrected chi connectivity index (χ4v) is 6.80. The maximum atomic E-state index is 12.4. The molecule has 1 atom stereocenters. The monoisotopic (exact) mass is 800 g/mol. The number of nitrogens with zero attached hydrogens (tertiary/aromatic N) is 3. The van der Waals surface area contributed by atoms with E-state index in [1.165, 1.54) is 0 Å². The number of aromatic nitrogens is 2. The van der Waals surface area contributed by atoms with Crippen LogP contribution in [0.3, 0.4) is 0 Å². The summed E-state index contributed by atoms with van der Waals surface area (Å²) >= 11 is 13.1. The zero-order valence-electron chi connectivity index (χ0n) is 29.2. The molecular weight excluding hydrogens is 759 g/mol. The van der Waals surface area contributed by atoms with Gasteiger partial charge in [-0.05, 0) is 74.9 Å². The second-order valence-corrected chi connectivity index (χ2v) is 14.4. The molecule has 0 saturated carbocycles. The van der Waals surface area contributed by atoms with Crippen molar-refractivity contribution in [3.8, 4) is 11.5 Å². The van der Waals surface area contributed by atoms with Crippen molar-refractivity contribution in [2.45, 2.75) is 45.9 Å². The number of esters is 1. The summed E-state index contributed by atoms with van der Waals surface area (Å²) in [5, 5.41) is 0.936. The van der Waals surface area contributed by atoms with Crippen LogP contribution in [0.5, 0.6) is 11.5 Å². The predicted molar refractivity (Wildman–Crippen MR) is 191 cm³/mol. The quantitative estimate of drug-likeness (QED) is 0.150. The molecule has 10 nitrogen and oxygen atoms in total. The molecule has 1 aromatic heterocycles. The van der Waals surface area contributed by atoms with Crippen LogP contribution in [0, 0.1) is 5.41 Å². The lowest BCUT2D eigenvalue weighted by Crippen LogP contribution is -3.00. The van der Waals surface area contributed by atoms with Crippen LogP contribution in [0.2, 0.25) is 10.0 Å². The summed E-state index contributed by atoms with van der Waals surface area (Å²) in [6.45, 7) is 11.5. The van der Waals surface area contributed by atoms with Crippen molar-refractivity contribution >= 4 is 40.8 Å². The lowest BCUT2D eigenvalue weighted by atomic mass is 9.90. The van der Waals surface area contributed by atoms with Crippen LogP contribution in [0.15, 0.2) is 79.1 Å². The number of piperazine rings is 1. The number of ether oxygens (including phenoxy) is 4. The molecule has 0 aliphatic carbocycles. The average molecular weight is 803 g/mol. The Morgan fingerprint density at radius 3 is 2.20 bits per heavy atom. The highest BCUT2D eigenvalue weighted by Gasteiger charge is 2.52. The molecule has 51 heavy (non-hydrogen) atoms. The molecule has 272 valence electrons. The summed E-state index contributed by atoms with van der Waals surface area (Å²) in [7, 11) is 0. The number of nitrogens with one attached hydrogen (secondary N) is 1. The van der Waals surface area contributed by atoms with E-state index in [9.17, 15) is 9.59 Å². The maximum Gasteiger partial charge on any atom is 0.316 e. The maximum absolute atomic E-state index is 12.4. The normalized spacial score (nSPS) is 16.4. The molecule has 1 unspecified atom stereocenters. The van der Waals surface area contributed by atoms with E-state index >= 15 is 0 Å². The molecule has 2 saturated heterocycles. The van der Waals surface area contributed by atoms with E-state index in [0.717, 1.165) is 30.2 Å². The Morgan fingerprint density at radius 2 is 1.59 bits per heavy atom. The van der Waals surface area contributed by atoms with Crippen LogP contribution in [0.1, 0.15) is 50.6 Å². The first kappa shape index (κ1) is 38.6. The van der Waals surface area contributed by atoms with E-state index < -0.39 is 17.1 Å². The predicted octanol–water partition coefficient (Wildman–Crippen LogP) is 3.34. The van der Waals surface area contributed by atoms with Crippen LogP contribution in [-0.4, -0.2) is 67.8 Å². The van der Waals surface area contributed by atoms with Crippen molar-refractivity contribution in [2.75, 3.05) is 50.9 Å². The summed E-state index contributed by atoms with van der Waals surface area (Å²) in [6, 6.07) is 20.8. The van der Waals surface area contributed by atoms with Crippen molar-refractivity contribution in [3.63, 3.8) is 0 Å². The lowest BCUT2D eigenvalue weighted by Gasteiger charge is -2.35. The van der Waals surface area contributed by atoms with Crippen LogP contribution >= 0.6 is 23.2 Å². The Hall–Kier alpha value is -3.61. The summed E-state index contributed by atoms with van der Waals surface area (Å²) in [5.74, 6) is 0.0420. The highest BCUT2D eigenvalue weighted by Crippen LogP contribution is 2.46. The van der Waals surface area contributed by atoms with E-state index in [1.807, 2.05) is 80.5 Å². The number of halogens is 3. The Kier molecular flexibility index (Phi) is 12.4. The molecule has 3 heterocycles. The van der Waals surface area contributed by atoms with Gasteiger partial charge in [0.1, 0.15) is 37.0 Å². The highest BCUT2D eigenvalue weighted by atomic mass is 79.9. The van der Waals surface area contributed by atoms with E-state index in [1.54, 1.807) is 31.2 Å². The minimum atomic E-state index is -1.27. The number of hydrogen-bond donors (Lipinski definition) is 1. The third kappa shape index (κ3) is 8.89. The van der Waals surface area contributed by atoms with Gasteiger partial charge in [0.05, 0.1) is 23.7 Å². The topological polar surface area (TPSA) is 97.2 Å². The number of H-pyrrole nitrogens is 1. The van der Waals surface area contributed by atoms with Crippen LogP contribution in [0.4, 0.5) is 5.69 Å². The van der Waals surface area contributed by atoms with Crippen molar-refractivity contribution < 1.29 is 50.1 Å². The van der Waals surface area contributed by atoms with Gasteiger partial charge in [-0.15, -0.1) is 0 Å². The van der Waals surface area contributed by atoms with Crippen molar-refractivity contribution in [1.82, 2.24) is 9.88 Å². The molecule has 0 bridgehead atoms. The minimum Gasteiger partial charge on any atom is -1.00 e. The molecule has 0 radical (unpaired) electrons. The Labute approximate surface area is 319 Å². The number of carbonyl (C=O) groups is 2. The third-order valence-electron chi connectivity index (χ3n) is 9.05. The largest absolute Gasteiger partial charge is 1.00 e.